The van der Waals surface area contributed by atoms with Crippen molar-refractivity contribution in [3.63, 3.8) is 0 Å². The molecule has 0 spiro atoms. The van der Waals surface area contributed by atoms with Crippen molar-refractivity contribution in [3.8, 4) is 0 Å². The Hall–Kier alpha value is -3.04. The lowest BCUT2D eigenvalue weighted by molar-refractivity contribution is -0.137. The summed E-state index contributed by atoms with van der Waals surface area (Å²) in [6.07, 6.45) is -4.42. The Bertz CT molecular complexity index is 894. The molecule has 6 nitrogen and oxygen atoms in total. The van der Waals surface area contributed by atoms with Crippen molar-refractivity contribution in [1.82, 2.24) is 5.53 Å². The van der Waals surface area contributed by atoms with Crippen molar-refractivity contribution >= 4 is 23.0 Å². The van der Waals surface area contributed by atoms with E-state index in [4.69, 9.17) is 0 Å². The molecule has 0 unspecified atom stereocenters. The first kappa shape index (κ1) is 17.8. The van der Waals surface area contributed by atoms with E-state index >= 15 is 0 Å². The van der Waals surface area contributed by atoms with Crippen LogP contribution in [0.5, 0.6) is 0 Å². The Morgan fingerprint density at radius 2 is 1.62 bits per heavy atom. The van der Waals surface area contributed by atoms with Gasteiger partial charge in [-0.15, -0.1) is 5.53 Å². The van der Waals surface area contributed by atoms with E-state index in [0.29, 0.717) is 17.1 Å². The molecule has 0 atom stereocenters. The number of nitrogens with zero attached hydrogens (tertiary/aromatic N) is 2. The number of alkyl halides is 3. The number of hydrogen-bond donors (Lipinski definition) is 2. The predicted octanol–water partition coefficient (Wildman–Crippen LogP) is 2.81. The maximum atomic E-state index is 12.7. The number of hydrogen-bond acceptors (Lipinski definition) is 4. The van der Waals surface area contributed by atoms with Gasteiger partial charge in [0, 0.05) is 5.70 Å². The molecule has 1 amide bonds. The first-order valence-electron chi connectivity index (χ1n) is 7.51. The molecule has 2 heterocycles. The van der Waals surface area contributed by atoms with Crippen LogP contribution in [0.2, 0.25) is 0 Å². The van der Waals surface area contributed by atoms with Crippen LogP contribution in [0, 0.1) is 0 Å². The highest BCUT2D eigenvalue weighted by molar-refractivity contribution is 6.12. The molecule has 9 heteroatoms. The normalized spacial score (nSPS) is 16.1. The van der Waals surface area contributed by atoms with E-state index in [1.165, 1.54) is 17.1 Å². The van der Waals surface area contributed by atoms with Crippen molar-refractivity contribution < 1.29 is 23.4 Å². The van der Waals surface area contributed by atoms with Gasteiger partial charge in [0.25, 0.3) is 5.91 Å². The van der Waals surface area contributed by atoms with Crippen LogP contribution in [0.25, 0.3) is 0 Å². The zero-order chi connectivity index (χ0) is 17.8. The number of anilines is 3. The van der Waals surface area contributed by atoms with E-state index in [1.54, 1.807) is 11.9 Å². The number of halogens is 3. The quantitative estimate of drug-likeness (QED) is 0.816. The van der Waals surface area contributed by atoms with Crippen LogP contribution in [-0.2, 0) is 11.0 Å². The third kappa shape index (κ3) is 2.67. The lowest BCUT2D eigenvalue weighted by atomic mass is 10.1. The van der Waals surface area contributed by atoms with Crippen LogP contribution in [0.15, 0.2) is 59.9 Å². The minimum Gasteiger partial charge on any atom is -0.412 e. The molecule has 0 saturated carbocycles. The Morgan fingerprint density at radius 3 is 2.27 bits per heavy atom. The second-order valence-corrected chi connectivity index (χ2v) is 5.74. The van der Waals surface area contributed by atoms with E-state index in [2.05, 4.69) is 10.9 Å². The maximum Gasteiger partial charge on any atom is 0.416 e. The number of hydrazine groups is 2. The summed E-state index contributed by atoms with van der Waals surface area (Å²) in [4.78, 5) is 12.7. The fourth-order valence-electron chi connectivity index (χ4n) is 2.91. The van der Waals surface area contributed by atoms with Crippen molar-refractivity contribution in [2.24, 2.45) is 0 Å². The van der Waals surface area contributed by atoms with Crippen LogP contribution in [0.4, 0.5) is 30.2 Å². The molecule has 136 valence electrons. The number of carbonyl (C=O) groups is 1. The highest BCUT2D eigenvalue weighted by Gasteiger charge is 2.40. The fourth-order valence-corrected chi connectivity index (χ4v) is 2.91. The molecule has 2 aliphatic heterocycles. The molecule has 26 heavy (non-hydrogen) atoms. The van der Waals surface area contributed by atoms with Gasteiger partial charge in [0.05, 0.1) is 22.6 Å². The number of fused-ring (bicyclic) bond motifs is 3. The highest BCUT2D eigenvalue weighted by Crippen LogP contribution is 2.38. The van der Waals surface area contributed by atoms with Gasteiger partial charge in [-0.1, -0.05) is 12.1 Å². The standard InChI is InChI=1S/C17H13F3N4O.H2O/c1-10-15-16(25)23(12-8-6-11(7-9-12)17(18,19)20)22-24(15)14-5-3-2-4-13(14)21-10;/h2-9,21-22H,1H3;1H2. The number of carbonyl (C=O) groups excluding carboxylic acids is 1. The summed E-state index contributed by atoms with van der Waals surface area (Å²) in [7, 11) is 0. The molecule has 2 aromatic rings. The Kier molecular flexibility index (Phi) is 4.13. The van der Waals surface area contributed by atoms with Gasteiger partial charge in [0.1, 0.15) is 5.70 Å². The van der Waals surface area contributed by atoms with E-state index in [1.807, 2.05) is 24.3 Å². The number of amides is 1. The van der Waals surface area contributed by atoms with Crippen LogP contribution >= 0.6 is 0 Å². The second-order valence-electron chi connectivity index (χ2n) is 5.74. The summed E-state index contributed by atoms with van der Waals surface area (Å²) in [6.45, 7) is 1.77. The molecular weight excluding hydrogens is 349 g/mol. The van der Waals surface area contributed by atoms with Gasteiger partial charge in [0.15, 0.2) is 0 Å². The van der Waals surface area contributed by atoms with Gasteiger partial charge in [-0.2, -0.15) is 13.2 Å². The minimum absolute atomic E-state index is 0. The smallest absolute Gasteiger partial charge is 0.412 e. The van der Waals surface area contributed by atoms with Crippen molar-refractivity contribution in [2.45, 2.75) is 13.1 Å². The van der Waals surface area contributed by atoms with Gasteiger partial charge < -0.3 is 10.8 Å². The molecule has 2 aromatic carbocycles. The molecular formula is C17H15F3N4O2. The van der Waals surface area contributed by atoms with Gasteiger partial charge >= 0.3 is 6.18 Å². The Morgan fingerprint density at radius 1 is 0.962 bits per heavy atom. The third-order valence-electron chi connectivity index (χ3n) is 4.10. The third-order valence-corrected chi connectivity index (χ3v) is 4.10. The summed E-state index contributed by atoms with van der Waals surface area (Å²) in [6, 6.07) is 11.9. The number of benzene rings is 2. The van der Waals surface area contributed by atoms with Crippen LogP contribution < -0.4 is 20.9 Å². The van der Waals surface area contributed by atoms with Crippen LogP contribution in [0.1, 0.15) is 12.5 Å². The van der Waals surface area contributed by atoms with Crippen LogP contribution in [0.3, 0.4) is 0 Å². The number of rotatable bonds is 1. The molecule has 2 aliphatic rings. The van der Waals surface area contributed by atoms with E-state index in [9.17, 15) is 18.0 Å². The van der Waals surface area contributed by atoms with Gasteiger partial charge in [-0.25, -0.2) is 10.0 Å². The SMILES string of the molecule is CC1=C2C(=O)N(c3ccc(C(F)(F)F)cc3)NN2c2ccccc2N1.O. The average molecular weight is 364 g/mol. The van der Waals surface area contributed by atoms with Crippen molar-refractivity contribution in [2.75, 3.05) is 15.3 Å². The first-order valence-corrected chi connectivity index (χ1v) is 7.51. The van der Waals surface area contributed by atoms with Crippen molar-refractivity contribution in [1.29, 1.82) is 0 Å². The van der Waals surface area contributed by atoms with Crippen molar-refractivity contribution in [3.05, 3.63) is 65.5 Å². The maximum absolute atomic E-state index is 12.7. The monoisotopic (exact) mass is 364 g/mol. The van der Waals surface area contributed by atoms with E-state index < -0.39 is 11.7 Å². The first-order chi connectivity index (χ1) is 11.9. The molecule has 4 N–H and O–H groups in total. The van der Waals surface area contributed by atoms with Gasteiger partial charge in [0.2, 0.25) is 0 Å². The number of allylic oxidation sites excluding steroid dienone is 1. The predicted molar refractivity (Wildman–Crippen MR) is 90.9 cm³/mol. The second kappa shape index (κ2) is 6.04. The molecule has 0 aromatic heterocycles. The van der Waals surface area contributed by atoms with Gasteiger partial charge in [-0.3, -0.25) is 4.79 Å². The molecule has 4 rings (SSSR count). The summed E-state index contributed by atoms with van der Waals surface area (Å²) in [5.41, 5.74) is 5.15. The lowest BCUT2D eigenvalue weighted by Gasteiger charge is -2.28. The lowest BCUT2D eigenvalue weighted by Crippen LogP contribution is -2.41. The topological polar surface area (TPSA) is 79.1 Å². The number of para-hydroxylation sites is 2. The zero-order valence-electron chi connectivity index (χ0n) is 13.6. The summed E-state index contributed by atoms with van der Waals surface area (Å²) < 4.78 is 38.1. The molecule has 1 fully saturated rings. The van der Waals surface area contributed by atoms with E-state index in [0.717, 1.165) is 23.5 Å². The number of nitrogens with one attached hydrogen (secondary N) is 2. The zero-order valence-corrected chi connectivity index (χ0v) is 13.6. The molecule has 0 aliphatic carbocycles. The molecule has 0 radical (unpaired) electrons. The summed E-state index contributed by atoms with van der Waals surface area (Å²) in [5.74, 6) is -0.348. The largest absolute Gasteiger partial charge is 0.416 e. The highest BCUT2D eigenvalue weighted by atomic mass is 19.4. The molecule has 1 saturated heterocycles. The molecule has 0 bridgehead atoms. The average Bonchev–Trinajstić information content (AvgIpc) is 2.93. The van der Waals surface area contributed by atoms with Gasteiger partial charge in [-0.05, 0) is 43.3 Å². The van der Waals surface area contributed by atoms with Crippen LogP contribution in [-0.4, -0.2) is 11.4 Å². The Labute approximate surface area is 146 Å². The van der Waals surface area contributed by atoms with E-state index in [-0.39, 0.29) is 11.4 Å². The Balaban J connectivity index is 0.00000196. The summed E-state index contributed by atoms with van der Waals surface area (Å²) in [5, 5.41) is 6.02. The fraction of sp³-hybridized carbons (Fsp3) is 0.118. The minimum atomic E-state index is -4.42. The summed E-state index contributed by atoms with van der Waals surface area (Å²) >= 11 is 0.